The average Bonchev–Trinajstić information content (AvgIpc) is 2.85. The van der Waals surface area contributed by atoms with Gasteiger partial charge in [-0.25, -0.2) is 9.18 Å². The van der Waals surface area contributed by atoms with Crippen molar-refractivity contribution in [2.45, 2.75) is 13.0 Å². The number of aromatic nitrogens is 1. The van der Waals surface area contributed by atoms with Gasteiger partial charge in [0.05, 0.1) is 31.5 Å². The van der Waals surface area contributed by atoms with E-state index in [-0.39, 0.29) is 17.5 Å². The zero-order valence-electron chi connectivity index (χ0n) is 19.3. The summed E-state index contributed by atoms with van der Waals surface area (Å²) in [6, 6.07) is 16.2. The summed E-state index contributed by atoms with van der Waals surface area (Å²) in [6.45, 7) is 1.85. The number of carbonyl (C=O) groups excluding carboxylic acids is 1. The van der Waals surface area contributed by atoms with Crippen LogP contribution in [-0.4, -0.2) is 25.2 Å². The lowest BCUT2D eigenvalue weighted by Crippen LogP contribution is -2.31. The van der Waals surface area contributed by atoms with Crippen LogP contribution in [0.3, 0.4) is 0 Å². The zero-order chi connectivity index (χ0) is 24.9. The smallest absolute Gasteiger partial charge is 0.319 e. The Morgan fingerprint density at radius 2 is 1.77 bits per heavy atom. The van der Waals surface area contributed by atoms with Crippen LogP contribution in [0, 0.1) is 5.82 Å². The van der Waals surface area contributed by atoms with Gasteiger partial charge in [0, 0.05) is 28.2 Å². The number of carbonyl (C=O) groups is 1. The van der Waals surface area contributed by atoms with Gasteiger partial charge in [0.1, 0.15) is 17.3 Å². The summed E-state index contributed by atoms with van der Waals surface area (Å²) in [4.78, 5) is 16.7. The van der Waals surface area contributed by atoms with Gasteiger partial charge in [0.2, 0.25) is 0 Å². The molecule has 1 unspecified atom stereocenters. The second kappa shape index (κ2) is 10.6. The molecule has 4 rings (SSSR count). The monoisotopic (exact) mass is 539 g/mol. The molecule has 35 heavy (non-hydrogen) atoms. The second-order valence-corrected chi connectivity index (χ2v) is 8.57. The van der Waals surface area contributed by atoms with E-state index in [4.69, 9.17) is 14.2 Å². The summed E-state index contributed by atoms with van der Waals surface area (Å²) < 4.78 is 32.3. The van der Waals surface area contributed by atoms with Crippen molar-refractivity contribution in [1.29, 1.82) is 0 Å². The molecule has 0 aliphatic carbocycles. The lowest BCUT2D eigenvalue weighted by atomic mass is 10.1. The van der Waals surface area contributed by atoms with E-state index >= 15 is 0 Å². The van der Waals surface area contributed by atoms with Crippen molar-refractivity contribution >= 4 is 38.6 Å². The van der Waals surface area contributed by atoms with E-state index < -0.39 is 11.8 Å². The standard InChI is InChI=1S/C26H23BrFN3O4/c1-15(16-5-4-6-17(27)11-16)30-26(32)31-21-8-7-18(12-20(21)28)35-23-9-10-29-22-14-25(34-3)24(33-2)13-19(22)23/h4-15H,1-3H3,(H2,30,31,32). The van der Waals surface area contributed by atoms with Crippen molar-refractivity contribution in [1.82, 2.24) is 10.3 Å². The van der Waals surface area contributed by atoms with Gasteiger partial charge in [-0.15, -0.1) is 0 Å². The molecule has 0 radical (unpaired) electrons. The molecular formula is C26H23BrFN3O4. The molecule has 9 heteroatoms. The first-order valence-electron chi connectivity index (χ1n) is 10.7. The zero-order valence-corrected chi connectivity index (χ0v) is 20.9. The van der Waals surface area contributed by atoms with Crippen LogP contribution in [0.2, 0.25) is 0 Å². The molecule has 0 aliphatic heterocycles. The highest BCUT2D eigenvalue weighted by Crippen LogP contribution is 2.37. The summed E-state index contributed by atoms with van der Waals surface area (Å²) in [7, 11) is 3.08. The first kappa shape index (κ1) is 24.3. The van der Waals surface area contributed by atoms with Crippen LogP contribution in [0.5, 0.6) is 23.0 Å². The molecule has 2 amide bonds. The number of urea groups is 1. The van der Waals surface area contributed by atoms with Gasteiger partial charge in [-0.1, -0.05) is 28.1 Å². The van der Waals surface area contributed by atoms with Crippen LogP contribution in [0.1, 0.15) is 18.5 Å². The van der Waals surface area contributed by atoms with E-state index in [0.29, 0.717) is 28.2 Å². The molecule has 0 saturated heterocycles. The summed E-state index contributed by atoms with van der Waals surface area (Å²) in [5.74, 6) is 1.16. The second-order valence-electron chi connectivity index (χ2n) is 7.65. The summed E-state index contributed by atoms with van der Waals surface area (Å²) >= 11 is 3.41. The number of nitrogens with zero attached hydrogens (tertiary/aromatic N) is 1. The van der Waals surface area contributed by atoms with Crippen molar-refractivity contribution in [3.8, 4) is 23.0 Å². The SMILES string of the molecule is COc1cc2nccc(Oc3ccc(NC(=O)NC(C)c4cccc(Br)c4)c(F)c3)c2cc1OC. The Bertz CT molecular complexity index is 1380. The fraction of sp³-hybridized carbons (Fsp3) is 0.154. The number of rotatable bonds is 7. The predicted octanol–water partition coefficient (Wildman–Crippen LogP) is 6.83. The van der Waals surface area contributed by atoms with Crippen LogP contribution in [0.15, 0.2) is 71.3 Å². The molecule has 2 N–H and O–H groups in total. The maximum atomic E-state index is 14.8. The first-order valence-corrected chi connectivity index (χ1v) is 11.5. The maximum absolute atomic E-state index is 14.8. The summed E-state index contributed by atoms with van der Waals surface area (Å²) in [6.07, 6.45) is 1.59. The number of ether oxygens (including phenoxy) is 3. The van der Waals surface area contributed by atoms with Crippen LogP contribution in [-0.2, 0) is 0 Å². The van der Waals surface area contributed by atoms with Gasteiger partial charge in [-0.05, 0) is 48.9 Å². The third-order valence-electron chi connectivity index (χ3n) is 5.32. The third kappa shape index (κ3) is 5.63. The third-order valence-corrected chi connectivity index (χ3v) is 5.81. The Labute approximate surface area is 210 Å². The topological polar surface area (TPSA) is 81.7 Å². The molecule has 1 atom stereocenters. The molecule has 1 heterocycles. The van der Waals surface area contributed by atoms with Crippen molar-refractivity contribution < 1.29 is 23.4 Å². The normalized spacial score (nSPS) is 11.6. The van der Waals surface area contributed by atoms with E-state index in [9.17, 15) is 9.18 Å². The van der Waals surface area contributed by atoms with Crippen molar-refractivity contribution in [3.63, 3.8) is 0 Å². The summed E-state index contributed by atoms with van der Waals surface area (Å²) in [5, 5.41) is 6.01. The number of hydrogen-bond acceptors (Lipinski definition) is 5. The molecule has 1 aromatic heterocycles. The number of halogens is 2. The lowest BCUT2D eigenvalue weighted by molar-refractivity contribution is 0.249. The quantitative estimate of drug-likeness (QED) is 0.269. The molecule has 0 spiro atoms. The van der Waals surface area contributed by atoms with Gasteiger partial charge in [0.15, 0.2) is 11.5 Å². The Hall–Kier alpha value is -3.85. The molecular weight excluding hydrogens is 517 g/mol. The van der Waals surface area contributed by atoms with Gasteiger partial charge < -0.3 is 24.8 Å². The Balaban J connectivity index is 1.48. The van der Waals surface area contributed by atoms with Crippen molar-refractivity contribution in [2.75, 3.05) is 19.5 Å². The fourth-order valence-electron chi connectivity index (χ4n) is 3.54. The average molecular weight is 540 g/mol. The number of pyridine rings is 1. The predicted molar refractivity (Wildman–Crippen MR) is 136 cm³/mol. The Morgan fingerprint density at radius 3 is 2.49 bits per heavy atom. The van der Waals surface area contributed by atoms with E-state index in [1.54, 1.807) is 37.6 Å². The minimum Gasteiger partial charge on any atom is -0.493 e. The number of hydrogen-bond donors (Lipinski definition) is 2. The highest BCUT2D eigenvalue weighted by Gasteiger charge is 2.14. The maximum Gasteiger partial charge on any atom is 0.319 e. The van der Waals surface area contributed by atoms with E-state index in [1.807, 2.05) is 31.2 Å². The Morgan fingerprint density at radius 1 is 1.00 bits per heavy atom. The summed E-state index contributed by atoms with van der Waals surface area (Å²) in [5.41, 5.74) is 1.58. The highest BCUT2D eigenvalue weighted by molar-refractivity contribution is 9.10. The number of anilines is 1. The Kier molecular flexibility index (Phi) is 7.36. The van der Waals surface area contributed by atoms with Gasteiger partial charge >= 0.3 is 6.03 Å². The molecule has 0 saturated carbocycles. The van der Waals surface area contributed by atoms with Crippen LogP contribution >= 0.6 is 15.9 Å². The van der Waals surface area contributed by atoms with Crippen LogP contribution in [0.4, 0.5) is 14.9 Å². The van der Waals surface area contributed by atoms with Gasteiger partial charge in [-0.3, -0.25) is 4.98 Å². The number of nitrogens with one attached hydrogen (secondary N) is 2. The fourth-order valence-corrected chi connectivity index (χ4v) is 3.96. The van der Waals surface area contributed by atoms with E-state index in [2.05, 4.69) is 31.5 Å². The molecule has 7 nitrogen and oxygen atoms in total. The molecule has 0 bridgehead atoms. The number of methoxy groups -OCH3 is 2. The van der Waals surface area contributed by atoms with Crippen molar-refractivity contribution in [2.24, 2.45) is 0 Å². The molecule has 4 aromatic rings. The minimum atomic E-state index is -0.634. The highest BCUT2D eigenvalue weighted by atomic mass is 79.9. The number of fused-ring (bicyclic) bond motifs is 1. The first-order chi connectivity index (χ1) is 16.9. The van der Waals surface area contributed by atoms with Gasteiger partial charge in [0.25, 0.3) is 0 Å². The molecule has 3 aromatic carbocycles. The number of benzene rings is 3. The van der Waals surface area contributed by atoms with Crippen LogP contribution in [0.25, 0.3) is 10.9 Å². The van der Waals surface area contributed by atoms with Gasteiger partial charge in [-0.2, -0.15) is 0 Å². The van der Waals surface area contributed by atoms with E-state index in [1.165, 1.54) is 19.2 Å². The molecule has 0 aliphatic rings. The molecule has 180 valence electrons. The lowest BCUT2D eigenvalue weighted by Gasteiger charge is -2.16. The largest absolute Gasteiger partial charge is 0.493 e. The minimum absolute atomic E-state index is 0.0299. The van der Waals surface area contributed by atoms with Crippen molar-refractivity contribution in [3.05, 3.63) is 82.7 Å². The number of amides is 2. The van der Waals surface area contributed by atoms with Crippen LogP contribution < -0.4 is 24.8 Å². The van der Waals surface area contributed by atoms with E-state index in [0.717, 1.165) is 10.0 Å². The molecule has 0 fully saturated rings.